The van der Waals surface area contributed by atoms with E-state index in [4.69, 9.17) is 16.3 Å². The highest BCUT2D eigenvalue weighted by Crippen LogP contribution is 2.23. The summed E-state index contributed by atoms with van der Waals surface area (Å²) in [6.45, 7) is 0.961. The number of piperidine rings is 1. The molecule has 3 aromatic rings. The summed E-state index contributed by atoms with van der Waals surface area (Å²) in [4.78, 5) is 34.7. The van der Waals surface area contributed by atoms with Crippen LogP contribution in [-0.4, -0.2) is 46.9 Å². The molecule has 0 bridgehead atoms. The highest BCUT2D eigenvalue weighted by atomic mass is 35.5. The van der Waals surface area contributed by atoms with Crippen LogP contribution in [0.4, 0.5) is 5.69 Å². The second-order valence-electron chi connectivity index (χ2n) is 7.05. The number of rotatable bonds is 4. The van der Waals surface area contributed by atoms with E-state index in [0.29, 0.717) is 35.1 Å². The van der Waals surface area contributed by atoms with E-state index in [-0.39, 0.29) is 23.6 Å². The van der Waals surface area contributed by atoms with Crippen LogP contribution in [0, 0.1) is 5.92 Å². The molecule has 1 atom stereocenters. The third-order valence-electron chi connectivity index (χ3n) is 5.08. The molecule has 2 amide bonds. The maximum atomic E-state index is 12.9. The highest BCUT2D eigenvalue weighted by Gasteiger charge is 2.30. The van der Waals surface area contributed by atoms with Crippen molar-refractivity contribution in [3.63, 3.8) is 0 Å². The fraction of sp³-hybridized carbons (Fsp3) is 0.286. The Hall–Kier alpha value is -3.06. The molecule has 1 fully saturated rings. The maximum Gasteiger partial charge on any atom is 0.289 e. The summed E-state index contributed by atoms with van der Waals surface area (Å²) in [5, 5.41) is 3.51. The molecule has 0 aliphatic carbocycles. The van der Waals surface area contributed by atoms with Crippen molar-refractivity contribution in [1.82, 2.24) is 14.9 Å². The van der Waals surface area contributed by atoms with Gasteiger partial charge in [0, 0.05) is 29.9 Å². The van der Waals surface area contributed by atoms with Crippen molar-refractivity contribution in [3.05, 3.63) is 53.3 Å². The first-order chi connectivity index (χ1) is 14.0. The molecule has 2 N–H and O–H groups in total. The molecular weight excluding hydrogens is 392 g/mol. The molecule has 0 spiro atoms. The first-order valence-electron chi connectivity index (χ1n) is 9.43. The normalized spacial score (nSPS) is 16.6. The third kappa shape index (κ3) is 4.19. The SMILES string of the molecule is COc1ccc2nc(C(=O)N3CCCC(C(=O)Nc4ccc(Cl)cc4)C3)[nH]c2c1. The summed E-state index contributed by atoms with van der Waals surface area (Å²) in [6, 6.07) is 12.4. The lowest BCUT2D eigenvalue weighted by Crippen LogP contribution is -2.44. The van der Waals surface area contributed by atoms with Gasteiger partial charge in [-0.2, -0.15) is 0 Å². The molecule has 1 saturated heterocycles. The summed E-state index contributed by atoms with van der Waals surface area (Å²) >= 11 is 5.88. The van der Waals surface area contributed by atoms with E-state index in [0.717, 1.165) is 18.4 Å². The van der Waals surface area contributed by atoms with Crippen molar-refractivity contribution in [3.8, 4) is 5.75 Å². The first kappa shape index (κ1) is 19.3. The number of methoxy groups -OCH3 is 1. The maximum absolute atomic E-state index is 12.9. The Morgan fingerprint density at radius 2 is 2.03 bits per heavy atom. The second kappa shape index (κ2) is 8.13. The van der Waals surface area contributed by atoms with Crippen LogP contribution in [-0.2, 0) is 4.79 Å². The summed E-state index contributed by atoms with van der Waals surface area (Å²) < 4.78 is 5.21. The Balaban J connectivity index is 1.45. The number of hydrogen-bond donors (Lipinski definition) is 2. The molecule has 2 heterocycles. The highest BCUT2D eigenvalue weighted by molar-refractivity contribution is 6.30. The lowest BCUT2D eigenvalue weighted by molar-refractivity contribution is -0.121. The molecule has 8 heteroatoms. The molecule has 0 radical (unpaired) electrons. The van der Waals surface area contributed by atoms with Gasteiger partial charge in [-0.05, 0) is 49.2 Å². The van der Waals surface area contributed by atoms with E-state index < -0.39 is 0 Å². The van der Waals surface area contributed by atoms with Gasteiger partial charge in [-0.1, -0.05) is 11.6 Å². The molecule has 2 aromatic carbocycles. The van der Waals surface area contributed by atoms with E-state index >= 15 is 0 Å². The lowest BCUT2D eigenvalue weighted by atomic mass is 9.97. The average molecular weight is 413 g/mol. The quantitative estimate of drug-likeness (QED) is 0.683. The van der Waals surface area contributed by atoms with E-state index in [9.17, 15) is 9.59 Å². The Morgan fingerprint density at radius 1 is 1.24 bits per heavy atom. The standard InChI is InChI=1S/C21H21ClN4O3/c1-29-16-8-9-17-18(11-16)25-19(24-17)21(28)26-10-2-3-13(12-26)20(27)23-15-6-4-14(22)5-7-15/h4-9,11,13H,2-3,10,12H2,1H3,(H,23,27)(H,24,25). The topological polar surface area (TPSA) is 87.3 Å². The molecule has 1 unspecified atom stereocenters. The number of nitrogens with one attached hydrogen (secondary N) is 2. The number of halogens is 1. The predicted molar refractivity (Wildman–Crippen MR) is 111 cm³/mol. The molecule has 4 rings (SSSR count). The number of fused-ring (bicyclic) bond motifs is 1. The molecule has 1 aromatic heterocycles. The van der Waals surface area contributed by atoms with Gasteiger partial charge in [-0.25, -0.2) is 4.98 Å². The Bertz CT molecular complexity index is 1050. The van der Waals surface area contributed by atoms with Crippen LogP contribution in [0.1, 0.15) is 23.5 Å². The predicted octanol–water partition coefficient (Wildman–Crippen LogP) is 3.72. The fourth-order valence-corrected chi connectivity index (χ4v) is 3.65. The van der Waals surface area contributed by atoms with Gasteiger partial charge in [0.15, 0.2) is 5.82 Å². The van der Waals surface area contributed by atoms with E-state index in [1.54, 1.807) is 54.5 Å². The number of aromatic nitrogens is 2. The van der Waals surface area contributed by atoms with Crippen LogP contribution in [0.15, 0.2) is 42.5 Å². The van der Waals surface area contributed by atoms with Gasteiger partial charge in [0.25, 0.3) is 5.91 Å². The van der Waals surface area contributed by atoms with Gasteiger partial charge in [-0.3, -0.25) is 9.59 Å². The molecule has 0 saturated carbocycles. The molecule has 150 valence electrons. The van der Waals surface area contributed by atoms with Gasteiger partial charge >= 0.3 is 0 Å². The first-order valence-corrected chi connectivity index (χ1v) is 9.81. The Morgan fingerprint density at radius 3 is 2.79 bits per heavy atom. The number of anilines is 1. The number of amides is 2. The van der Waals surface area contributed by atoms with Gasteiger partial charge in [0.1, 0.15) is 5.75 Å². The number of carbonyl (C=O) groups is 2. The summed E-state index contributed by atoms with van der Waals surface area (Å²) in [5.41, 5.74) is 2.12. The third-order valence-corrected chi connectivity index (χ3v) is 5.33. The Kier molecular flexibility index (Phi) is 5.40. The number of nitrogens with zero attached hydrogens (tertiary/aromatic N) is 2. The molecule has 1 aliphatic heterocycles. The van der Waals surface area contributed by atoms with Crippen LogP contribution in [0.25, 0.3) is 11.0 Å². The number of benzene rings is 2. The number of carbonyl (C=O) groups excluding carboxylic acids is 2. The van der Waals surface area contributed by atoms with Crippen molar-refractivity contribution in [1.29, 1.82) is 0 Å². The number of imidazole rings is 1. The van der Waals surface area contributed by atoms with Crippen molar-refractivity contribution in [2.45, 2.75) is 12.8 Å². The molecular formula is C21H21ClN4O3. The zero-order valence-corrected chi connectivity index (χ0v) is 16.7. The van der Waals surface area contributed by atoms with Crippen molar-refractivity contribution < 1.29 is 14.3 Å². The lowest BCUT2D eigenvalue weighted by Gasteiger charge is -2.31. The molecule has 29 heavy (non-hydrogen) atoms. The minimum absolute atomic E-state index is 0.0980. The zero-order chi connectivity index (χ0) is 20.4. The number of aromatic amines is 1. The zero-order valence-electron chi connectivity index (χ0n) is 15.9. The second-order valence-corrected chi connectivity index (χ2v) is 7.49. The van der Waals surface area contributed by atoms with Gasteiger partial charge < -0.3 is 19.9 Å². The van der Waals surface area contributed by atoms with Crippen LogP contribution >= 0.6 is 11.6 Å². The summed E-state index contributed by atoms with van der Waals surface area (Å²) in [7, 11) is 1.59. The average Bonchev–Trinajstić information content (AvgIpc) is 3.18. The van der Waals surface area contributed by atoms with Gasteiger partial charge in [0.05, 0.1) is 24.1 Å². The number of hydrogen-bond acceptors (Lipinski definition) is 4. The van der Waals surface area contributed by atoms with Crippen LogP contribution in [0.3, 0.4) is 0 Å². The summed E-state index contributed by atoms with van der Waals surface area (Å²) in [6.07, 6.45) is 1.50. The van der Waals surface area contributed by atoms with Crippen molar-refractivity contribution in [2.24, 2.45) is 5.92 Å². The van der Waals surface area contributed by atoms with Crippen LogP contribution < -0.4 is 10.1 Å². The van der Waals surface area contributed by atoms with Crippen LogP contribution in [0.2, 0.25) is 5.02 Å². The van der Waals surface area contributed by atoms with Gasteiger partial charge in [0.2, 0.25) is 5.91 Å². The summed E-state index contributed by atoms with van der Waals surface area (Å²) in [5.74, 6) is 0.389. The van der Waals surface area contributed by atoms with Crippen molar-refractivity contribution in [2.75, 3.05) is 25.5 Å². The minimum atomic E-state index is -0.271. The number of H-pyrrole nitrogens is 1. The molecule has 7 nitrogen and oxygen atoms in total. The van der Waals surface area contributed by atoms with E-state index in [1.165, 1.54) is 0 Å². The smallest absolute Gasteiger partial charge is 0.289 e. The number of ether oxygens (including phenoxy) is 1. The largest absolute Gasteiger partial charge is 0.497 e. The monoisotopic (exact) mass is 412 g/mol. The van der Waals surface area contributed by atoms with Crippen molar-refractivity contribution >= 4 is 40.1 Å². The number of likely N-dealkylation sites (tertiary alicyclic amines) is 1. The Labute approximate surface area is 173 Å². The van der Waals surface area contributed by atoms with Crippen LogP contribution in [0.5, 0.6) is 5.75 Å². The minimum Gasteiger partial charge on any atom is -0.497 e. The van der Waals surface area contributed by atoms with Gasteiger partial charge in [-0.15, -0.1) is 0 Å². The van der Waals surface area contributed by atoms with E-state index in [2.05, 4.69) is 15.3 Å². The van der Waals surface area contributed by atoms with E-state index in [1.807, 2.05) is 0 Å². The molecule has 1 aliphatic rings. The fourth-order valence-electron chi connectivity index (χ4n) is 3.52.